The smallest absolute Gasteiger partial charge is 0.243 e. The average molecular weight is 467 g/mol. The lowest BCUT2D eigenvalue weighted by atomic mass is 10.2. The topological polar surface area (TPSA) is 66.5 Å². The summed E-state index contributed by atoms with van der Waals surface area (Å²) in [5.41, 5.74) is 0.434. The molecule has 0 aliphatic rings. The molecule has 30 heavy (non-hydrogen) atoms. The van der Waals surface area contributed by atoms with Gasteiger partial charge in [-0.3, -0.25) is 4.79 Å². The fourth-order valence-corrected chi connectivity index (χ4v) is 4.58. The minimum Gasteiger partial charge on any atom is -0.322 e. The maximum atomic E-state index is 13.8. The number of hydrogen-bond donors (Lipinski definition) is 1. The molecule has 0 spiro atoms. The molecule has 5 nitrogen and oxygen atoms in total. The standard InChI is InChI=1S/C21H17Cl2FN2O3S/c22-16-11-10-15(18(23)12-16)13-26(30(28,29)17-6-2-1-3-7-17)14-21(27)25-20-9-5-4-8-19(20)24/h1-12H,13-14H2,(H,25,27). The van der Waals surface area contributed by atoms with Crippen LogP contribution < -0.4 is 5.32 Å². The molecule has 156 valence electrons. The van der Waals surface area contributed by atoms with Crippen LogP contribution in [0.1, 0.15) is 5.56 Å². The van der Waals surface area contributed by atoms with Crippen molar-refractivity contribution in [2.75, 3.05) is 11.9 Å². The van der Waals surface area contributed by atoms with Gasteiger partial charge in [-0.2, -0.15) is 4.31 Å². The summed E-state index contributed by atoms with van der Waals surface area (Å²) in [6.45, 7) is -0.706. The second kappa shape index (κ2) is 9.57. The first-order chi connectivity index (χ1) is 14.3. The summed E-state index contributed by atoms with van der Waals surface area (Å²) >= 11 is 12.1. The van der Waals surface area contributed by atoms with Crippen LogP contribution in [0.4, 0.5) is 10.1 Å². The van der Waals surface area contributed by atoms with E-state index < -0.39 is 28.3 Å². The van der Waals surface area contributed by atoms with Crippen LogP contribution in [-0.4, -0.2) is 25.2 Å². The Morgan fingerprint density at radius 1 is 0.967 bits per heavy atom. The first-order valence-corrected chi connectivity index (χ1v) is 11.0. The van der Waals surface area contributed by atoms with Gasteiger partial charge in [-0.15, -0.1) is 0 Å². The molecule has 0 radical (unpaired) electrons. The zero-order valence-corrected chi connectivity index (χ0v) is 17.9. The van der Waals surface area contributed by atoms with E-state index in [4.69, 9.17) is 23.2 Å². The van der Waals surface area contributed by atoms with E-state index >= 15 is 0 Å². The number of amides is 1. The van der Waals surface area contributed by atoms with Gasteiger partial charge in [0.1, 0.15) is 5.82 Å². The van der Waals surface area contributed by atoms with Gasteiger partial charge in [0.25, 0.3) is 0 Å². The van der Waals surface area contributed by atoms with Crippen LogP contribution in [0.15, 0.2) is 77.7 Å². The van der Waals surface area contributed by atoms with E-state index in [1.54, 1.807) is 36.4 Å². The summed E-state index contributed by atoms with van der Waals surface area (Å²) in [6.07, 6.45) is 0. The maximum absolute atomic E-state index is 13.8. The van der Waals surface area contributed by atoms with Crippen LogP contribution >= 0.6 is 23.2 Å². The molecule has 3 aromatic carbocycles. The predicted molar refractivity (Wildman–Crippen MR) is 116 cm³/mol. The largest absolute Gasteiger partial charge is 0.322 e. The third-order valence-electron chi connectivity index (χ3n) is 4.21. The lowest BCUT2D eigenvalue weighted by Crippen LogP contribution is -2.37. The molecule has 0 aliphatic heterocycles. The first kappa shape index (κ1) is 22.2. The Morgan fingerprint density at radius 2 is 1.63 bits per heavy atom. The summed E-state index contributed by atoms with van der Waals surface area (Å²) in [5, 5.41) is 3.07. The number of nitrogens with zero attached hydrogens (tertiary/aromatic N) is 1. The SMILES string of the molecule is O=C(CN(Cc1ccc(Cl)cc1Cl)S(=O)(=O)c1ccccc1)Nc1ccccc1F. The Kier molecular flexibility index (Phi) is 7.10. The highest BCUT2D eigenvalue weighted by molar-refractivity contribution is 7.89. The molecule has 0 heterocycles. The second-order valence-electron chi connectivity index (χ2n) is 6.35. The summed E-state index contributed by atoms with van der Waals surface area (Å²) in [5.74, 6) is -1.31. The zero-order chi connectivity index (χ0) is 21.7. The Labute approximate surface area is 184 Å². The van der Waals surface area contributed by atoms with Gasteiger partial charge in [0.15, 0.2) is 0 Å². The monoisotopic (exact) mass is 466 g/mol. The van der Waals surface area contributed by atoms with Crippen LogP contribution in [0, 0.1) is 5.82 Å². The highest BCUT2D eigenvalue weighted by atomic mass is 35.5. The summed E-state index contributed by atoms with van der Waals surface area (Å²) in [4.78, 5) is 12.6. The van der Waals surface area contributed by atoms with Crippen molar-refractivity contribution in [2.24, 2.45) is 0 Å². The third kappa shape index (κ3) is 5.37. The van der Waals surface area contributed by atoms with Crippen LogP contribution in [-0.2, 0) is 21.4 Å². The normalized spacial score (nSPS) is 11.5. The molecule has 0 aromatic heterocycles. The van der Waals surface area contributed by atoms with E-state index in [0.717, 1.165) is 4.31 Å². The molecule has 1 amide bonds. The average Bonchev–Trinajstić information content (AvgIpc) is 2.71. The van der Waals surface area contributed by atoms with E-state index in [0.29, 0.717) is 10.6 Å². The quantitative estimate of drug-likeness (QED) is 0.534. The van der Waals surface area contributed by atoms with Crippen molar-refractivity contribution in [1.29, 1.82) is 0 Å². The van der Waals surface area contributed by atoms with Crippen molar-refractivity contribution in [1.82, 2.24) is 4.31 Å². The molecule has 3 rings (SSSR count). The minimum atomic E-state index is -4.04. The van der Waals surface area contributed by atoms with Crippen molar-refractivity contribution in [3.8, 4) is 0 Å². The number of nitrogens with one attached hydrogen (secondary N) is 1. The zero-order valence-electron chi connectivity index (χ0n) is 15.6. The van der Waals surface area contributed by atoms with Gasteiger partial charge < -0.3 is 5.32 Å². The Balaban J connectivity index is 1.91. The van der Waals surface area contributed by atoms with Crippen LogP contribution in [0.2, 0.25) is 10.0 Å². The minimum absolute atomic E-state index is 0.0220. The van der Waals surface area contributed by atoms with E-state index in [2.05, 4.69) is 5.32 Å². The molecule has 0 aliphatic carbocycles. The molecular weight excluding hydrogens is 450 g/mol. The lowest BCUT2D eigenvalue weighted by Gasteiger charge is -2.22. The Hall–Kier alpha value is -2.45. The van der Waals surface area contributed by atoms with Gasteiger partial charge in [0.2, 0.25) is 15.9 Å². The summed E-state index contributed by atoms with van der Waals surface area (Å²) < 4.78 is 41.2. The lowest BCUT2D eigenvalue weighted by molar-refractivity contribution is -0.116. The maximum Gasteiger partial charge on any atom is 0.243 e. The number of carbonyl (C=O) groups is 1. The van der Waals surface area contributed by atoms with Crippen molar-refractivity contribution >= 4 is 44.8 Å². The molecule has 0 atom stereocenters. The van der Waals surface area contributed by atoms with Gasteiger partial charge in [-0.05, 0) is 42.0 Å². The number of benzene rings is 3. The fraction of sp³-hybridized carbons (Fsp3) is 0.0952. The van der Waals surface area contributed by atoms with Crippen molar-refractivity contribution < 1.29 is 17.6 Å². The number of anilines is 1. The van der Waals surface area contributed by atoms with E-state index in [1.165, 1.54) is 36.4 Å². The highest BCUT2D eigenvalue weighted by Crippen LogP contribution is 2.25. The van der Waals surface area contributed by atoms with E-state index in [-0.39, 0.29) is 22.2 Å². The second-order valence-corrected chi connectivity index (χ2v) is 9.13. The number of hydrogen-bond acceptors (Lipinski definition) is 3. The van der Waals surface area contributed by atoms with Gasteiger partial charge in [0, 0.05) is 16.6 Å². The number of carbonyl (C=O) groups excluding carboxylic acids is 1. The first-order valence-electron chi connectivity index (χ1n) is 8.81. The summed E-state index contributed by atoms with van der Waals surface area (Å²) in [7, 11) is -4.04. The number of rotatable bonds is 7. The van der Waals surface area contributed by atoms with Crippen LogP contribution in [0.5, 0.6) is 0 Å². The van der Waals surface area contributed by atoms with Crippen molar-refractivity contribution in [2.45, 2.75) is 11.4 Å². The molecule has 9 heteroatoms. The van der Waals surface area contributed by atoms with Gasteiger partial charge in [-0.1, -0.05) is 59.6 Å². The highest BCUT2D eigenvalue weighted by Gasteiger charge is 2.27. The van der Waals surface area contributed by atoms with Gasteiger partial charge >= 0.3 is 0 Å². The molecule has 0 fully saturated rings. The molecule has 0 unspecified atom stereocenters. The molecular formula is C21H17Cl2FN2O3S. The number of sulfonamides is 1. The van der Waals surface area contributed by atoms with E-state index in [9.17, 15) is 17.6 Å². The number of para-hydroxylation sites is 1. The number of halogens is 3. The molecule has 3 aromatic rings. The molecule has 0 bridgehead atoms. The van der Waals surface area contributed by atoms with Crippen LogP contribution in [0.3, 0.4) is 0 Å². The van der Waals surface area contributed by atoms with Gasteiger partial charge in [-0.25, -0.2) is 12.8 Å². The molecule has 0 saturated carbocycles. The van der Waals surface area contributed by atoms with E-state index in [1.807, 2.05) is 0 Å². The van der Waals surface area contributed by atoms with Gasteiger partial charge in [0.05, 0.1) is 17.1 Å². The van der Waals surface area contributed by atoms with Crippen LogP contribution in [0.25, 0.3) is 0 Å². The Morgan fingerprint density at radius 3 is 2.30 bits per heavy atom. The molecule has 0 saturated heterocycles. The van der Waals surface area contributed by atoms with Crippen molar-refractivity contribution in [3.63, 3.8) is 0 Å². The molecule has 1 N–H and O–H groups in total. The summed E-state index contributed by atoms with van der Waals surface area (Å²) in [6, 6.07) is 18.0. The third-order valence-corrected chi connectivity index (χ3v) is 6.60. The Bertz CT molecular complexity index is 1160. The fourth-order valence-electron chi connectivity index (χ4n) is 2.72. The van der Waals surface area contributed by atoms with Crippen molar-refractivity contribution in [3.05, 3.63) is 94.2 Å². The predicted octanol–water partition coefficient (Wildman–Crippen LogP) is 4.96.